The lowest BCUT2D eigenvalue weighted by molar-refractivity contribution is 0.0706. The van der Waals surface area contributed by atoms with Gasteiger partial charge in [0.2, 0.25) is 0 Å². The van der Waals surface area contributed by atoms with Crippen molar-refractivity contribution in [1.82, 2.24) is 9.79 Å². The fourth-order valence-corrected chi connectivity index (χ4v) is 3.30. The molecular weight excluding hydrogens is 300 g/mol. The summed E-state index contributed by atoms with van der Waals surface area (Å²) in [5.74, 6) is 0.234. The summed E-state index contributed by atoms with van der Waals surface area (Å²) < 4.78 is 7.92. The number of hydrogen-bond donors (Lipinski definition) is 2. The van der Waals surface area contributed by atoms with E-state index in [1.165, 1.54) is 5.56 Å². The Hall–Kier alpha value is -2.02. The number of carbonyl (C=O) groups is 1. The van der Waals surface area contributed by atoms with Crippen molar-refractivity contribution in [1.29, 1.82) is 0 Å². The summed E-state index contributed by atoms with van der Waals surface area (Å²) in [5.41, 5.74) is 3.28. The largest absolute Gasteiger partial charge is 0.491 e. The second kappa shape index (κ2) is 6.83. The van der Waals surface area contributed by atoms with Gasteiger partial charge in [0, 0.05) is 18.7 Å². The number of nitrogens with one attached hydrogen (secondary N) is 1. The number of carbonyl (C=O) groups excluding carboxylic acids is 1. The Labute approximate surface area is 133 Å². The number of hydrogen-bond acceptors (Lipinski definition) is 5. The predicted molar refractivity (Wildman–Crippen MR) is 83.9 cm³/mol. The second-order valence-corrected chi connectivity index (χ2v) is 6.03. The number of ether oxygens (including phenoxy) is 1. The molecule has 114 valence electrons. The molecule has 0 spiro atoms. The zero-order valence-electron chi connectivity index (χ0n) is 11.9. The Bertz CT molecular complexity index is 664. The molecule has 0 saturated carbocycles. The van der Waals surface area contributed by atoms with Gasteiger partial charge in [-0.25, -0.2) is 9.79 Å². The molecule has 3 rings (SSSR count). The number of nitrogens with zero attached hydrogens (tertiary/aromatic N) is 1. The van der Waals surface area contributed by atoms with Crippen LogP contribution in [0.25, 0.3) is 0 Å². The van der Waals surface area contributed by atoms with E-state index in [1.807, 2.05) is 18.2 Å². The van der Waals surface area contributed by atoms with Crippen LogP contribution < -0.4 is 10.2 Å². The number of hydroxylamine groups is 1. The summed E-state index contributed by atoms with van der Waals surface area (Å²) in [4.78, 5) is 12.4. The molecule has 2 aromatic carbocycles. The van der Waals surface area contributed by atoms with Gasteiger partial charge in [0.05, 0.1) is 4.90 Å². The molecule has 0 atom stereocenters. The molecule has 1 aliphatic heterocycles. The first-order chi connectivity index (χ1) is 10.8. The van der Waals surface area contributed by atoms with Crippen LogP contribution in [-0.4, -0.2) is 28.6 Å². The molecule has 0 fully saturated rings. The average molecular weight is 316 g/mol. The third-order valence-electron chi connectivity index (χ3n) is 3.33. The van der Waals surface area contributed by atoms with E-state index in [1.54, 1.807) is 35.6 Å². The van der Waals surface area contributed by atoms with Gasteiger partial charge >= 0.3 is 0 Å². The van der Waals surface area contributed by atoms with Crippen LogP contribution in [0.5, 0.6) is 5.75 Å². The Balaban J connectivity index is 1.80. The molecule has 0 bridgehead atoms. The predicted octanol–water partition coefficient (Wildman–Crippen LogP) is 2.71. The number of amides is 1. The smallest absolute Gasteiger partial charge is 0.274 e. The minimum Gasteiger partial charge on any atom is -0.491 e. The van der Waals surface area contributed by atoms with Crippen LogP contribution >= 0.6 is 11.9 Å². The van der Waals surface area contributed by atoms with Gasteiger partial charge in [0.15, 0.2) is 0 Å². The van der Waals surface area contributed by atoms with Gasteiger partial charge in [0.1, 0.15) is 12.4 Å². The number of rotatable bonds is 3. The summed E-state index contributed by atoms with van der Waals surface area (Å²) in [6.07, 6.45) is 0. The summed E-state index contributed by atoms with van der Waals surface area (Å²) in [6.45, 7) is 2.18. The molecule has 5 nitrogen and oxygen atoms in total. The number of fused-ring (bicyclic) bond motifs is 1. The van der Waals surface area contributed by atoms with Crippen molar-refractivity contribution in [3.05, 3.63) is 59.7 Å². The molecule has 1 aliphatic rings. The Morgan fingerprint density at radius 2 is 2.09 bits per heavy atom. The van der Waals surface area contributed by atoms with Gasteiger partial charge in [-0.1, -0.05) is 30.3 Å². The van der Waals surface area contributed by atoms with Crippen molar-refractivity contribution in [2.75, 3.05) is 13.2 Å². The maximum atomic E-state index is 11.5. The quantitative estimate of drug-likeness (QED) is 0.518. The van der Waals surface area contributed by atoms with E-state index in [4.69, 9.17) is 9.94 Å². The highest BCUT2D eigenvalue weighted by molar-refractivity contribution is 7.97. The second-order valence-electron chi connectivity index (χ2n) is 4.89. The van der Waals surface area contributed by atoms with Crippen molar-refractivity contribution in [2.24, 2.45) is 0 Å². The Morgan fingerprint density at radius 1 is 1.27 bits per heavy atom. The van der Waals surface area contributed by atoms with E-state index >= 15 is 0 Å². The lowest BCUT2D eigenvalue weighted by Crippen LogP contribution is -2.19. The molecule has 2 N–H and O–H groups in total. The lowest BCUT2D eigenvalue weighted by Gasteiger charge is -2.18. The highest BCUT2D eigenvalue weighted by atomic mass is 32.2. The standard InChI is InChI=1S/C16H16N2O3S/c19-16(17-20)13-6-7-14-15(10-13)22-18(8-9-21-14)11-12-4-2-1-3-5-12/h1-7,10,20H,8-9,11H2,(H,17,19). The lowest BCUT2D eigenvalue weighted by atomic mass is 10.2. The fraction of sp³-hybridized carbons (Fsp3) is 0.188. The highest BCUT2D eigenvalue weighted by Gasteiger charge is 2.18. The minimum atomic E-state index is -0.526. The molecule has 0 saturated heterocycles. The third-order valence-corrected chi connectivity index (χ3v) is 4.42. The fourth-order valence-electron chi connectivity index (χ4n) is 2.24. The molecule has 22 heavy (non-hydrogen) atoms. The zero-order valence-corrected chi connectivity index (χ0v) is 12.7. The van der Waals surface area contributed by atoms with Crippen molar-refractivity contribution in [3.8, 4) is 5.75 Å². The average Bonchev–Trinajstić information content (AvgIpc) is 2.76. The van der Waals surface area contributed by atoms with Gasteiger partial charge in [0.25, 0.3) is 5.91 Å². The highest BCUT2D eigenvalue weighted by Crippen LogP contribution is 2.35. The van der Waals surface area contributed by atoms with Crippen LogP contribution in [0.15, 0.2) is 53.4 Å². The van der Waals surface area contributed by atoms with Crippen molar-refractivity contribution >= 4 is 17.9 Å². The number of benzene rings is 2. The Kier molecular flexibility index (Phi) is 4.62. The third kappa shape index (κ3) is 3.41. The van der Waals surface area contributed by atoms with Crippen LogP contribution in [0.2, 0.25) is 0 Å². The minimum absolute atomic E-state index is 0.402. The summed E-state index contributed by atoms with van der Waals surface area (Å²) in [6, 6.07) is 15.3. The van der Waals surface area contributed by atoms with Crippen molar-refractivity contribution in [3.63, 3.8) is 0 Å². The van der Waals surface area contributed by atoms with Gasteiger partial charge < -0.3 is 4.74 Å². The monoisotopic (exact) mass is 316 g/mol. The molecule has 0 aliphatic carbocycles. The molecule has 6 heteroatoms. The summed E-state index contributed by atoms with van der Waals surface area (Å²) in [5, 5.41) is 8.75. The molecule has 2 aromatic rings. The van der Waals surface area contributed by atoms with Crippen LogP contribution in [0.1, 0.15) is 15.9 Å². The molecule has 0 aromatic heterocycles. The van der Waals surface area contributed by atoms with E-state index < -0.39 is 5.91 Å². The van der Waals surface area contributed by atoms with E-state index in [-0.39, 0.29) is 0 Å². The van der Waals surface area contributed by atoms with Crippen LogP contribution in [-0.2, 0) is 6.54 Å². The normalized spacial score (nSPS) is 14.6. The van der Waals surface area contributed by atoms with Crippen LogP contribution in [0, 0.1) is 0 Å². The van der Waals surface area contributed by atoms with Gasteiger partial charge in [-0.05, 0) is 35.7 Å². The summed E-state index contributed by atoms with van der Waals surface area (Å²) in [7, 11) is 0. The Morgan fingerprint density at radius 3 is 2.86 bits per heavy atom. The van der Waals surface area contributed by atoms with Crippen molar-refractivity contribution < 1.29 is 14.7 Å². The molecule has 1 heterocycles. The molecule has 0 unspecified atom stereocenters. The van der Waals surface area contributed by atoms with Crippen molar-refractivity contribution in [2.45, 2.75) is 11.4 Å². The molecule has 0 radical (unpaired) electrons. The molecule has 1 amide bonds. The summed E-state index contributed by atoms with van der Waals surface area (Å²) >= 11 is 1.56. The first-order valence-corrected chi connectivity index (χ1v) is 7.72. The zero-order chi connectivity index (χ0) is 15.4. The maximum Gasteiger partial charge on any atom is 0.274 e. The van der Waals surface area contributed by atoms with E-state index in [0.29, 0.717) is 12.2 Å². The first kappa shape index (κ1) is 14.9. The first-order valence-electron chi connectivity index (χ1n) is 6.94. The van der Waals surface area contributed by atoms with E-state index in [0.717, 1.165) is 23.7 Å². The van der Waals surface area contributed by atoms with Crippen LogP contribution in [0.3, 0.4) is 0 Å². The van der Waals surface area contributed by atoms with Gasteiger partial charge in [-0.15, -0.1) is 0 Å². The SMILES string of the molecule is O=C(NO)c1ccc2c(c1)SN(Cc1ccccc1)CCO2. The maximum absolute atomic E-state index is 11.5. The van der Waals surface area contributed by atoms with E-state index in [2.05, 4.69) is 16.4 Å². The van der Waals surface area contributed by atoms with E-state index in [9.17, 15) is 4.79 Å². The molecular formula is C16H16N2O3S. The van der Waals surface area contributed by atoms with Gasteiger partial charge in [-0.3, -0.25) is 10.0 Å². The van der Waals surface area contributed by atoms with Gasteiger partial charge in [-0.2, -0.15) is 0 Å². The van der Waals surface area contributed by atoms with Crippen LogP contribution in [0.4, 0.5) is 0 Å². The topological polar surface area (TPSA) is 61.8 Å².